The molecule has 1 aromatic carbocycles. The first-order valence-corrected chi connectivity index (χ1v) is 4.70. The molecule has 1 aromatic rings. The Morgan fingerprint density at radius 3 is 2.20 bits per heavy atom. The Hall–Kier alpha value is -1.48. The predicted molar refractivity (Wildman–Crippen MR) is 59.4 cm³/mol. The van der Waals surface area contributed by atoms with E-state index in [9.17, 15) is 0 Å². The minimum atomic E-state index is 0.527. The van der Waals surface area contributed by atoms with Gasteiger partial charge in [0.05, 0.1) is 27.4 Å². The summed E-state index contributed by atoms with van der Waals surface area (Å²) in [5, 5.41) is 0. The summed E-state index contributed by atoms with van der Waals surface area (Å²) in [5.41, 5.74) is 1.02. The van der Waals surface area contributed by atoms with Gasteiger partial charge < -0.3 is 14.2 Å². The molecule has 0 radical (unpaired) electrons. The smallest absolute Gasteiger partial charge is 0.122 e. The average molecular weight is 208 g/mol. The van der Waals surface area contributed by atoms with E-state index in [1.54, 1.807) is 20.3 Å². The van der Waals surface area contributed by atoms with Crippen LogP contribution >= 0.6 is 0 Å². The third kappa shape index (κ3) is 3.64. The van der Waals surface area contributed by atoms with E-state index < -0.39 is 0 Å². The Bertz CT molecular complexity index is 298. The molecule has 82 valence electrons. The number of hydrogen-bond donors (Lipinski definition) is 0. The van der Waals surface area contributed by atoms with Crippen LogP contribution in [0.15, 0.2) is 30.9 Å². The maximum absolute atomic E-state index is 5.34. The Balaban J connectivity index is 2.72. The Morgan fingerprint density at radius 2 is 1.73 bits per heavy atom. The predicted octanol–water partition coefficient (Wildman–Crippen LogP) is 2.41. The largest absolute Gasteiger partial charge is 0.497 e. The third-order valence-corrected chi connectivity index (χ3v) is 1.92. The van der Waals surface area contributed by atoms with Gasteiger partial charge in [-0.05, 0) is 17.7 Å². The highest BCUT2D eigenvalue weighted by Gasteiger charge is 2.01. The Morgan fingerprint density at radius 1 is 1.13 bits per heavy atom. The zero-order valence-electron chi connectivity index (χ0n) is 9.16. The summed E-state index contributed by atoms with van der Waals surface area (Å²) in [6, 6.07) is 5.67. The van der Waals surface area contributed by atoms with Crippen LogP contribution in [0.1, 0.15) is 5.56 Å². The second-order valence-electron chi connectivity index (χ2n) is 3.02. The highest BCUT2D eigenvalue weighted by atomic mass is 16.5. The molecule has 0 spiro atoms. The molecule has 0 unspecified atom stereocenters. The van der Waals surface area contributed by atoms with E-state index in [4.69, 9.17) is 14.2 Å². The summed E-state index contributed by atoms with van der Waals surface area (Å²) >= 11 is 0. The number of hydrogen-bond acceptors (Lipinski definition) is 3. The molecule has 0 bridgehead atoms. The van der Waals surface area contributed by atoms with Gasteiger partial charge in [0.1, 0.15) is 11.5 Å². The Kier molecular flexibility index (Phi) is 4.71. The molecule has 0 aliphatic rings. The van der Waals surface area contributed by atoms with Crippen LogP contribution in [0, 0.1) is 0 Å². The Labute approximate surface area is 90.3 Å². The molecule has 0 saturated heterocycles. The fourth-order valence-corrected chi connectivity index (χ4v) is 1.21. The van der Waals surface area contributed by atoms with Crippen LogP contribution in [0.2, 0.25) is 0 Å². The van der Waals surface area contributed by atoms with Gasteiger partial charge in [-0.1, -0.05) is 6.08 Å². The molecular formula is C12H16O3. The molecule has 0 aliphatic heterocycles. The van der Waals surface area contributed by atoms with Crippen LogP contribution in [0.4, 0.5) is 0 Å². The lowest BCUT2D eigenvalue weighted by Gasteiger charge is -2.08. The molecule has 3 heteroatoms. The summed E-state index contributed by atoms with van der Waals surface area (Å²) in [4.78, 5) is 0. The summed E-state index contributed by atoms with van der Waals surface area (Å²) in [5.74, 6) is 1.54. The van der Waals surface area contributed by atoms with E-state index in [0.717, 1.165) is 17.1 Å². The molecule has 15 heavy (non-hydrogen) atoms. The van der Waals surface area contributed by atoms with Crippen LogP contribution in [0.25, 0.3) is 0 Å². The normalized spacial score (nSPS) is 9.73. The fourth-order valence-electron chi connectivity index (χ4n) is 1.21. The summed E-state index contributed by atoms with van der Waals surface area (Å²) < 4.78 is 15.6. The minimum absolute atomic E-state index is 0.527. The number of rotatable bonds is 6. The first kappa shape index (κ1) is 11.6. The van der Waals surface area contributed by atoms with Crippen LogP contribution in [0.3, 0.4) is 0 Å². The molecule has 1 rings (SSSR count). The number of ether oxygens (including phenoxy) is 3. The van der Waals surface area contributed by atoms with Gasteiger partial charge in [-0.15, -0.1) is 6.58 Å². The van der Waals surface area contributed by atoms with Crippen LogP contribution in [-0.4, -0.2) is 20.8 Å². The van der Waals surface area contributed by atoms with E-state index in [2.05, 4.69) is 6.58 Å². The maximum atomic E-state index is 5.34. The molecule has 0 N–H and O–H groups in total. The molecule has 0 amide bonds. The van der Waals surface area contributed by atoms with Crippen molar-refractivity contribution < 1.29 is 14.2 Å². The third-order valence-electron chi connectivity index (χ3n) is 1.92. The van der Waals surface area contributed by atoms with Crippen LogP contribution in [-0.2, 0) is 11.3 Å². The van der Waals surface area contributed by atoms with Crippen molar-refractivity contribution in [2.45, 2.75) is 6.61 Å². The van der Waals surface area contributed by atoms with Gasteiger partial charge in [0, 0.05) is 6.07 Å². The monoisotopic (exact) mass is 208 g/mol. The second-order valence-corrected chi connectivity index (χ2v) is 3.02. The SMILES string of the molecule is C=CCOCc1cc(OC)cc(OC)c1. The van der Waals surface area contributed by atoms with Crippen molar-refractivity contribution in [3.8, 4) is 11.5 Å². The average Bonchev–Trinajstić information content (AvgIpc) is 2.29. The summed E-state index contributed by atoms with van der Waals surface area (Å²) in [6.07, 6.45) is 1.72. The van der Waals surface area contributed by atoms with E-state index in [-0.39, 0.29) is 0 Å². The fraction of sp³-hybridized carbons (Fsp3) is 0.333. The van der Waals surface area contributed by atoms with Crippen LogP contribution in [0.5, 0.6) is 11.5 Å². The van der Waals surface area contributed by atoms with Gasteiger partial charge in [-0.2, -0.15) is 0 Å². The van der Waals surface area contributed by atoms with Gasteiger partial charge in [0.25, 0.3) is 0 Å². The highest BCUT2D eigenvalue weighted by molar-refractivity contribution is 5.38. The van der Waals surface area contributed by atoms with Gasteiger partial charge in [0.2, 0.25) is 0 Å². The highest BCUT2D eigenvalue weighted by Crippen LogP contribution is 2.22. The molecular weight excluding hydrogens is 192 g/mol. The standard InChI is InChI=1S/C12H16O3/c1-4-5-15-9-10-6-11(13-2)8-12(7-10)14-3/h4,6-8H,1,5,9H2,2-3H3. The van der Waals surface area contributed by atoms with Gasteiger partial charge >= 0.3 is 0 Å². The van der Waals surface area contributed by atoms with E-state index in [1.165, 1.54) is 0 Å². The first-order valence-electron chi connectivity index (χ1n) is 4.70. The summed E-state index contributed by atoms with van der Waals surface area (Å²) in [6.45, 7) is 4.65. The molecule has 0 atom stereocenters. The van der Waals surface area contributed by atoms with E-state index >= 15 is 0 Å². The molecule has 0 aromatic heterocycles. The number of methoxy groups -OCH3 is 2. The van der Waals surface area contributed by atoms with E-state index in [1.807, 2.05) is 18.2 Å². The quantitative estimate of drug-likeness (QED) is 0.530. The van der Waals surface area contributed by atoms with Crippen LogP contribution < -0.4 is 9.47 Å². The van der Waals surface area contributed by atoms with Crippen molar-refractivity contribution in [2.24, 2.45) is 0 Å². The molecule has 0 aliphatic carbocycles. The lowest BCUT2D eigenvalue weighted by atomic mass is 10.2. The van der Waals surface area contributed by atoms with Gasteiger partial charge in [-0.3, -0.25) is 0 Å². The van der Waals surface area contributed by atoms with Crippen molar-refractivity contribution in [2.75, 3.05) is 20.8 Å². The van der Waals surface area contributed by atoms with Crippen molar-refractivity contribution in [3.05, 3.63) is 36.4 Å². The molecule has 0 saturated carbocycles. The van der Waals surface area contributed by atoms with E-state index in [0.29, 0.717) is 13.2 Å². The van der Waals surface area contributed by atoms with Crippen molar-refractivity contribution in [3.63, 3.8) is 0 Å². The molecule has 0 fully saturated rings. The minimum Gasteiger partial charge on any atom is -0.497 e. The van der Waals surface area contributed by atoms with Gasteiger partial charge in [-0.25, -0.2) is 0 Å². The lowest BCUT2D eigenvalue weighted by molar-refractivity contribution is 0.148. The lowest BCUT2D eigenvalue weighted by Crippen LogP contribution is -1.95. The molecule has 0 heterocycles. The second kappa shape index (κ2) is 6.09. The van der Waals surface area contributed by atoms with Crippen molar-refractivity contribution in [1.82, 2.24) is 0 Å². The van der Waals surface area contributed by atoms with Crippen molar-refractivity contribution in [1.29, 1.82) is 0 Å². The van der Waals surface area contributed by atoms with Crippen molar-refractivity contribution >= 4 is 0 Å². The zero-order valence-corrected chi connectivity index (χ0v) is 9.16. The molecule has 3 nitrogen and oxygen atoms in total. The zero-order chi connectivity index (χ0) is 11.1. The topological polar surface area (TPSA) is 27.7 Å². The first-order chi connectivity index (χ1) is 7.30. The number of benzene rings is 1. The summed E-state index contributed by atoms with van der Waals surface area (Å²) in [7, 11) is 3.26. The maximum Gasteiger partial charge on any atom is 0.122 e. The van der Waals surface area contributed by atoms with Gasteiger partial charge in [0.15, 0.2) is 0 Å².